The Hall–Kier alpha value is -1.60. The van der Waals surface area contributed by atoms with Crippen molar-refractivity contribution < 1.29 is 17.9 Å². The minimum atomic E-state index is -3.28. The molecule has 1 aliphatic rings. The monoisotopic (exact) mass is 298 g/mol. The zero-order valence-corrected chi connectivity index (χ0v) is 12.0. The molecule has 7 heteroatoms. The molecule has 0 spiro atoms. The standard InChI is InChI=1S/C13H18N2O4S/c1-20(17,18)11-4-2-3-10(7-11)19-8-12(13(14)16)15-9-5-6-9/h2-4,7,9,12,15H,5-6,8H2,1H3,(H2,14,16). The predicted octanol–water partition coefficient (Wildman–Crippen LogP) is 0.0748. The van der Waals surface area contributed by atoms with Gasteiger partial charge in [0.05, 0.1) is 4.90 Å². The van der Waals surface area contributed by atoms with Crippen molar-refractivity contribution in [2.75, 3.05) is 12.9 Å². The van der Waals surface area contributed by atoms with Crippen molar-refractivity contribution in [2.24, 2.45) is 5.73 Å². The molecule has 1 unspecified atom stereocenters. The van der Waals surface area contributed by atoms with Crippen LogP contribution in [0.3, 0.4) is 0 Å². The van der Waals surface area contributed by atoms with Crippen LogP contribution in [-0.4, -0.2) is 39.3 Å². The maximum atomic E-state index is 11.4. The van der Waals surface area contributed by atoms with Gasteiger partial charge in [-0.15, -0.1) is 0 Å². The molecule has 1 aromatic carbocycles. The molecule has 0 heterocycles. The van der Waals surface area contributed by atoms with E-state index in [9.17, 15) is 13.2 Å². The van der Waals surface area contributed by atoms with E-state index in [4.69, 9.17) is 10.5 Å². The van der Waals surface area contributed by atoms with Crippen molar-refractivity contribution in [1.29, 1.82) is 0 Å². The van der Waals surface area contributed by atoms with Crippen molar-refractivity contribution in [3.05, 3.63) is 24.3 Å². The molecule has 0 aromatic heterocycles. The summed E-state index contributed by atoms with van der Waals surface area (Å²) >= 11 is 0. The maximum Gasteiger partial charge on any atom is 0.238 e. The van der Waals surface area contributed by atoms with Gasteiger partial charge >= 0.3 is 0 Å². The third-order valence-corrected chi connectivity index (χ3v) is 4.12. The molecule has 0 aliphatic heterocycles. The molecule has 1 amide bonds. The summed E-state index contributed by atoms with van der Waals surface area (Å²) in [6.07, 6.45) is 3.20. The van der Waals surface area contributed by atoms with Gasteiger partial charge in [-0.3, -0.25) is 4.79 Å². The highest BCUT2D eigenvalue weighted by Gasteiger charge is 2.27. The van der Waals surface area contributed by atoms with Crippen molar-refractivity contribution in [3.8, 4) is 5.75 Å². The van der Waals surface area contributed by atoms with Gasteiger partial charge in [-0.2, -0.15) is 0 Å². The highest BCUT2D eigenvalue weighted by atomic mass is 32.2. The lowest BCUT2D eigenvalue weighted by Crippen LogP contribution is -2.46. The highest BCUT2D eigenvalue weighted by Crippen LogP contribution is 2.20. The molecule has 6 nitrogen and oxygen atoms in total. The average Bonchev–Trinajstić information content (AvgIpc) is 3.17. The second-order valence-corrected chi connectivity index (χ2v) is 6.97. The Balaban J connectivity index is 2.00. The van der Waals surface area contributed by atoms with E-state index in [1.54, 1.807) is 12.1 Å². The number of nitrogens with two attached hydrogens (primary N) is 1. The molecule has 0 bridgehead atoms. The second-order valence-electron chi connectivity index (χ2n) is 4.95. The van der Waals surface area contributed by atoms with Crippen LogP contribution in [0.5, 0.6) is 5.75 Å². The number of hydrogen-bond donors (Lipinski definition) is 2. The van der Waals surface area contributed by atoms with Crippen LogP contribution in [-0.2, 0) is 14.6 Å². The number of nitrogens with one attached hydrogen (secondary N) is 1. The molecule has 2 rings (SSSR count). The number of carbonyl (C=O) groups is 1. The Morgan fingerprint density at radius 3 is 2.75 bits per heavy atom. The maximum absolute atomic E-state index is 11.4. The summed E-state index contributed by atoms with van der Waals surface area (Å²) in [7, 11) is -3.28. The molecule has 1 aromatic rings. The van der Waals surface area contributed by atoms with Crippen molar-refractivity contribution in [2.45, 2.75) is 29.8 Å². The summed E-state index contributed by atoms with van der Waals surface area (Å²) in [5.41, 5.74) is 5.30. The highest BCUT2D eigenvalue weighted by molar-refractivity contribution is 7.90. The van der Waals surface area contributed by atoms with Gasteiger partial charge in [0.1, 0.15) is 18.4 Å². The lowest BCUT2D eigenvalue weighted by atomic mass is 10.3. The first kappa shape index (κ1) is 14.8. The summed E-state index contributed by atoms with van der Waals surface area (Å²) < 4.78 is 28.4. The number of amides is 1. The minimum absolute atomic E-state index is 0.0824. The van der Waals surface area contributed by atoms with Crippen molar-refractivity contribution >= 4 is 15.7 Å². The molecule has 20 heavy (non-hydrogen) atoms. The Kier molecular flexibility index (Phi) is 4.29. The third-order valence-electron chi connectivity index (χ3n) is 3.01. The largest absolute Gasteiger partial charge is 0.491 e. The first-order valence-electron chi connectivity index (χ1n) is 6.34. The van der Waals surface area contributed by atoms with E-state index >= 15 is 0 Å². The van der Waals surface area contributed by atoms with E-state index in [-0.39, 0.29) is 11.5 Å². The third kappa shape index (κ3) is 4.21. The van der Waals surface area contributed by atoms with Crippen LogP contribution in [0.2, 0.25) is 0 Å². The lowest BCUT2D eigenvalue weighted by molar-refractivity contribution is -0.120. The summed E-state index contributed by atoms with van der Waals surface area (Å²) in [5.74, 6) is -0.0760. The molecule has 110 valence electrons. The lowest BCUT2D eigenvalue weighted by Gasteiger charge is -2.16. The fourth-order valence-electron chi connectivity index (χ4n) is 1.72. The number of rotatable bonds is 7. The summed E-state index contributed by atoms with van der Waals surface area (Å²) in [6, 6.07) is 5.94. The fourth-order valence-corrected chi connectivity index (χ4v) is 2.38. The molecule has 1 aliphatic carbocycles. The van der Waals surface area contributed by atoms with Crippen LogP contribution in [0.4, 0.5) is 0 Å². The zero-order valence-electron chi connectivity index (χ0n) is 11.2. The summed E-state index contributed by atoms with van der Waals surface area (Å²) in [5, 5.41) is 3.09. The Bertz CT molecular complexity index is 596. The smallest absolute Gasteiger partial charge is 0.238 e. The number of benzene rings is 1. The number of primary amides is 1. The predicted molar refractivity (Wildman–Crippen MR) is 74.2 cm³/mol. The van der Waals surface area contributed by atoms with Gasteiger partial charge < -0.3 is 15.8 Å². The van der Waals surface area contributed by atoms with Gasteiger partial charge in [0, 0.05) is 12.3 Å². The SMILES string of the molecule is CS(=O)(=O)c1cccc(OCC(NC2CC2)C(N)=O)c1. The molecular weight excluding hydrogens is 280 g/mol. The topological polar surface area (TPSA) is 98.5 Å². The van der Waals surface area contributed by atoms with Crippen LogP contribution in [0.25, 0.3) is 0 Å². The quantitative estimate of drug-likeness (QED) is 0.742. The van der Waals surface area contributed by atoms with Gasteiger partial charge in [-0.1, -0.05) is 6.07 Å². The number of carbonyl (C=O) groups excluding carboxylic acids is 1. The average molecular weight is 298 g/mol. The fraction of sp³-hybridized carbons (Fsp3) is 0.462. The van der Waals surface area contributed by atoms with E-state index in [0.717, 1.165) is 19.1 Å². The van der Waals surface area contributed by atoms with Crippen molar-refractivity contribution in [3.63, 3.8) is 0 Å². The van der Waals surface area contributed by atoms with E-state index in [1.165, 1.54) is 12.1 Å². The second kappa shape index (κ2) is 5.80. The molecule has 1 saturated carbocycles. The van der Waals surface area contributed by atoms with Crippen molar-refractivity contribution in [1.82, 2.24) is 5.32 Å². The van der Waals surface area contributed by atoms with E-state index < -0.39 is 21.8 Å². The Labute approximate surface area is 118 Å². The molecule has 0 saturated heterocycles. The van der Waals surface area contributed by atoms with Crippen LogP contribution >= 0.6 is 0 Å². The Morgan fingerprint density at radius 2 is 2.20 bits per heavy atom. The number of sulfone groups is 1. The Morgan fingerprint density at radius 1 is 1.50 bits per heavy atom. The van der Waals surface area contributed by atoms with Crippen LogP contribution in [0.15, 0.2) is 29.2 Å². The van der Waals surface area contributed by atoms with Gasteiger partial charge in [0.2, 0.25) is 5.91 Å². The first-order valence-corrected chi connectivity index (χ1v) is 8.23. The molecule has 0 radical (unpaired) electrons. The van der Waals surface area contributed by atoms with Gasteiger partial charge in [0.15, 0.2) is 9.84 Å². The molecular formula is C13H18N2O4S. The minimum Gasteiger partial charge on any atom is -0.491 e. The number of ether oxygens (including phenoxy) is 1. The van der Waals surface area contributed by atoms with E-state index in [2.05, 4.69) is 5.32 Å². The molecule has 3 N–H and O–H groups in total. The normalized spacial score (nSPS) is 16.6. The molecule has 1 fully saturated rings. The zero-order chi connectivity index (χ0) is 14.8. The van der Waals surface area contributed by atoms with E-state index in [1.807, 2.05) is 0 Å². The van der Waals surface area contributed by atoms with Crippen LogP contribution in [0, 0.1) is 0 Å². The van der Waals surface area contributed by atoms with Gasteiger partial charge in [-0.25, -0.2) is 8.42 Å². The van der Waals surface area contributed by atoms with E-state index in [0.29, 0.717) is 11.8 Å². The number of hydrogen-bond acceptors (Lipinski definition) is 5. The van der Waals surface area contributed by atoms with Crippen LogP contribution < -0.4 is 15.8 Å². The summed E-state index contributed by atoms with van der Waals surface area (Å²) in [6.45, 7) is 0.0824. The molecule has 1 atom stereocenters. The first-order chi connectivity index (χ1) is 9.36. The summed E-state index contributed by atoms with van der Waals surface area (Å²) in [4.78, 5) is 11.5. The van der Waals surface area contributed by atoms with Crippen LogP contribution in [0.1, 0.15) is 12.8 Å². The van der Waals surface area contributed by atoms with Gasteiger partial charge in [-0.05, 0) is 31.0 Å². The van der Waals surface area contributed by atoms with Gasteiger partial charge in [0.25, 0.3) is 0 Å².